The zero-order valence-electron chi connectivity index (χ0n) is 13.9. The van der Waals surface area contributed by atoms with Crippen LogP contribution in [0, 0.1) is 0 Å². The van der Waals surface area contributed by atoms with Crippen molar-refractivity contribution in [3.8, 4) is 5.75 Å². The SMILES string of the molecule is CCN(C1=C(Cl)C(=O)N(c2ccccc2OC)C1=O)c1ccccc1. The van der Waals surface area contributed by atoms with E-state index in [0.29, 0.717) is 18.0 Å². The maximum absolute atomic E-state index is 13.0. The Kier molecular flexibility index (Phi) is 4.76. The number of nitrogens with zero attached hydrogens (tertiary/aromatic N) is 2. The van der Waals surface area contributed by atoms with Crippen molar-refractivity contribution in [1.29, 1.82) is 0 Å². The van der Waals surface area contributed by atoms with Crippen LogP contribution in [0.25, 0.3) is 0 Å². The molecule has 2 aromatic rings. The Labute approximate surface area is 151 Å². The van der Waals surface area contributed by atoms with Crippen LogP contribution in [0.15, 0.2) is 65.3 Å². The molecule has 0 aromatic heterocycles. The van der Waals surface area contributed by atoms with Crippen LogP contribution in [-0.2, 0) is 9.59 Å². The van der Waals surface area contributed by atoms with Crippen molar-refractivity contribution in [2.75, 3.05) is 23.5 Å². The maximum atomic E-state index is 13.0. The lowest BCUT2D eigenvalue weighted by Crippen LogP contribution is -2.35. The number of benzene rings is 2. The Hall–Kier alpha value is -2.79. The minimum atomic E-state index is -0.555. The molecule has 128 valence electrons. The zero-order chi connectivity index (χ0) is 18.0. The third-order valence-corrected chi connectivity index (χ3v) is 4.33. The van der Waals surface area contributed by atoms with Crippen LogP contribution >= 0.6 is 11.6 Å². The number of anilines is 2. The highest BCUT2D eigenvalue weighted by Gasteiger charge is 2.42. The molecule has 0 spiro atoms. The lowest BCUT2D eigenvalue weighted by atomic mass is 10.2. The first-order valence-corrected chi connectivity index (χ1v) is 8.22. The van der Waals surface area contributed by atoms with Crippen molar-refractivity contribution in [2.45, 2.75) is 6.92 Å². The van der Waals surface area contributed by atoms with Crippen molar-refractivity contribution < 1.29 is 14.3 Å². The molecule has 0 atom stereocenters. The number of methoxy groups -OCH3 is 1. The fourth-order valence-electron chi connectivity index (χ4n) is 2.84. The van der Waals surface area contributed by atoms with Crippen LogP contribution in [0.4, 0.5) is 11.4 Å². The summed E-state index contributed by atoms with van der Waals surface area (Å²) in [5.41, 5.74) is 1.34. The number of carbonyl (C=O) groups is 2. The fourth-order valence-corrected chi connectivity index (χ4v) is 3.10. The van der Waals surface area contributed by atoms with Gasteiger partial charge in [0.15, 0.2) is 0 Å². The third kappa shape index (κ3) is 2.87. The van der Waals surface area contributed by atoms with Crippen LogP contribution in [0.3, 0.4) is 0 Å². The van der Waals surface area contributed by atoms with Crippen molar-refractivity contribution in [3.63, 3.8) is 0 Å². The highest BCUT2D eigenvalue weighted by molar-refractivity contribution is 6.53. The first-order valence-electron chi connectivity index (χ1n) is 7.84. The summed E-state index contributed by atoms with van der Waals surface area (Å²) in [5, 5.41) is -0.0957. The van der Waals surface area contributed by atoms with Crippen LogP contribution in [0.1, 0.15) is 6.92 Å². The Morgan fingerprint density at radius 3 is 2.28 bits per heavy atom. The second-order valence-electron chi connectivity index (χ2n) is 5.36. The standard InChI is InChI=1S/C19H17ClN2O3/c1-3-21(13-9-5-4-6-10-13)17-16(20)18(23)22(19(17)24)14-11-7-8-12-15(14)25-2/h4-12H,3H2,1-2H3. The van der Waals surface area contributed by atoms with Gasteiger partial charge in [-0.3, -0.25) is 9.59 Å². The van der Waals surface area contributed by atoms with E-state index in [1.807, 2.05) is 37.3 Å². The zero-order valence-corrected chi connectivity index (χ0v) is 14.7. The smallest absolute Gasteiger partial charge is 0.283 e. The number of rotatable bonds is 5. The average molecular weight is 357 g/mol. The molecule has 0 N–H and O–H groups in total. The van der Waals surface area contributed by atoms with E-state index in [1.54, 1.807) is 29.2 Å². The molecule has 0 saturated carbocycles. The topological polar surface area (TPSA) is 49.9 Å². The quantitative estimate of drug-likeness (QED) is 0.769. The Bertz CT molecular complexity index is 849. The molecule has 0 fully saturated rings. The lowest BCUT2D eigenvalue weighted by molar-refractivity contribution is -0.120. The molecule has 2 aromatic carbocycles. The number of ether oxygens (including phenoxy) is 1. The number of hydrogen-bond donors (Lipinski definition) is 0. The summed E-state index contributed by atoms with van der Waals surface area (Å²) in [6.07, 6.45) is 0. The molecule has 2 amide bonds. The number of carbonyl (C=O) groups excluding carboxylic acids is 2. The average Bonchev–Trinajstić information content (AvgIpc) is 2.87. The van der Waals surface area contributed by atoms with Crippen molar-refractivity contribution in [2.24, 2.45) is 0 Å². The van der Waals surface area contributed by atoms with E-state index in [2.05, 4.69) is 0 Å². The predicted molar refractivity (Wildman–Crippen MR) is 97.8 cm³/mol. The molecular formula is C19H17ClN2O3. The molecule has 0 radical (unpaired) electrons. The second-order valence-corrected chi connectivity index (χ2v) is 5.74. The molecule has 6 heteroatoms. The summed E-state index contributed by atoms with van der Waals surface area (Å²) in [6.45, 7) is 2.39. The molecule has 1 aliphatic heterocycles. The first-order chi connectivity index (χ1) is 12.1. The number of amides is 2. The Balaban J connectivity index is 2.05. The first kappa shape index (κ1) is 17.0. The van der Waals surface area contributed by atoms with Gasteiger partial charge < -0.3 is 9.64 Å². The lowest BCUT2D eigenvalue weighted by Gasteiger charge is -2.24. The molecule has 25 heavy (non-hydrogen) atoms. The van der Waals surface area contributed by atoms with Gasteiger partial charge in [-0.15, -0.1) is 0 Å². The second kappa shape index (κ2) is 6.99. The molecule has 0 bridgehead atoms. The summed E-state index contributed by atoms with van der Waals surface area (Å²) < 4.78 is 5.28. The third-order valence-electron chi connectivity index (χ3n) is 3.98. The van der Waals surface area contributed by atoms with Gasteiger partial charge in [-0.2, -0.15) is 0 Å². The van der Waals surface area contributed by atoms with Gasteiger partial charge in [0.05, 0.1) is 12.8 Å². The fraction of sp³-hybridized carbons (Fsp3) is 0.158. The van der Waals surface area contributed by atoms with Crippen LogP contribution in [0.2, 0.25) is 0 Å². The Morgan fingerprint density at radius 2 is 1.64 bits per heavy atom. The number of hydrogen-bond acceptors (Lipinski definition) is 4. The molecule has 1 aliphatic rings. The highest BCUT2D eigenvalue weighted by atomic mass is 35.5. The van der Waals surface area contributed by atoms with E-state index in [9.17, 15) is 9.59 Å². The molecule has 0 aliphatic carbocycles. The minimum Gasteiger partial charge on any atom is -0.495 e. The molecule has 0 saturated heterocycles. The van der Waals surface area contributed by atoms with E-state index < -0.39 is 11.8 Å². The predicted octanol–water partition coefficient (Wildman–Crippen LogP) is 3.55. The van der Waals surface area contributed by atoms with Gasteiger partial charge in [-0.1, -0.05) is 41.9 Å². The molecule has 0 unspecified atom stereocenters. The number of likely N-dealkylation sites (N-methyl/N-ethyl adjacent to an activating group) is 1. The van der Waals surface area contributed by atoms with Gasteiger partial charge in [0, 0.05) is 12.2 Å². The monoisotopic (exact) mass is 356 g/mol. The molecule has 3 rings (SSSR count). The summed E-state index contributed by atoms with van der Waals surface area (Å²) in [4.78, 5) is 28.5. The van der Waals surface area contributed by atoms with Gasteiger partial charge in [0.25, 0.3) is 11.8 Å². The summed E-state index contributed by atoms with van der Waals surface area (Å²) in [5.74, 6) is -0.594. The summed E-state index contributed by atoms with van der Waals surface area (Å²) in [6, 6.07) is 16.2. The van der Waals surface area contributed by atoms with Gasteiger partial charge in [0.1, 0.15) is 16.5 Å². The van der Waals surface area contributed by atoms with E-state index in [1.165, 1.54) is 7.11 Å². The number of halogens is 1. The van der Waals surface area contributed by atoms with Crippen molar-refractivity contribution in [1.82, 2.24) is 0 Å². The number of para-hydroxylation sites is 3. The maximum Gasteiger partial charge on any atom is 0.283 e. The van der Waals surface area contributed by atoms with E-state index >= 15 is 0 Å². The number of imide groups is 1. The van der Waals surface area contributed by atoms with Gasteiger partial charge >= 0.3 is 0 Å². The van der Waals surface area contributed by atoms with Gasteiger partial charge in [0.2, 0.25) is 0 Å². The summed E-state index contributed by atoms with van der Waals surface area (Å²) >= 11 is 6.27. The largest absolute Gasteiger partial charge is 0.495 e. The van der Waals surface area contributed by atoms with E-state index in [-0.39, 0.29) is 10.7 Å². The summed E-state index contributed by atoms with van der Waals surface area (Å²) in [7, 11) is 1.49. The Morgan fingerprint density at radius 1 is 1.00 bits per heavy atom. The highest BCUT2D eigenvalue weighted by Crippen LogP contribution is 2.37. The van der Waals surface area contributed by atoms with Crippen LogP contribution in [-0.4, -0.2) is 25.5 Å². The van der Waals surface area contributed by atoms with E-state index in [4.69, 9.17) is 16.3 Å². The van der Waals surface area contributed by atoms with E-state index in [0.717, 1.165) is 10.6 Å². The van der Waals surface area contributed by atoms with Gasteiger partial charge in [-0.05, 0) is 31.2 Å². The molecule has 1 heterocycles. The normalized spacial score (nSPS) is 14.3. The van der Waals surface area contributed by atoms with Gasteiger partial charge in [-0.25, -0.2) is 4.90 Å². The van der Waals surface area contributed by atoms with Crippen LogP contribution in [0.5, 0.6) is 5.75 Å². The minimum absolute atomic E-state index is 0.0957. The van der Waals surface area contributed by atoms with Crippen LogP contribution < -0.4 is 14.5 Å². The molecular weight excluding hydrogens is 340 g/mol. The van der Waals surface area contributed by atoms with Crippen molar-refractivity contribution >= 4 is 34.8 Å². The molecule has 5 nitrogen and oxygen atoms in total. The van der Waals surface area contributed by atoms with Crippen molar-refractivity contribution in [3.05, 3.63) is 65.3 Å².